The fourth-order valence-corrected chi connectivity index (χ4v) is 8.47. The number of ether oxygens (including phenoxy) is 2. The Bertz CT molecular complexity index is 2770. The molecule has 0 aliphatic carbocycles. The highest BCUT2D eigenvalue weighted by molar-refractivity contribution is 6.06. The maximum atomic E-state index is 14.0. The molecule has 1 aliphatic rings. The zero-order chi connectivity index (χ0) is 47.4. The van der Waals surface area contributed by atoms with Crippen LogP contribution in [-0.4, -0.2) is 126 Å². The highest BCUT2D eigenvalue weighted by Gasteiger charge is 2.32. The summed E-state index contributed by atoms with van der Waals surface area (Å²) >= 11 is 0. The van der Waals surface area contributed by atoms with E-state index in [1.165, 1.54) is 4.90 Å². The van der Waals surface area contributed by atoms with Crippen LogP contribution in [0, 0.1) is 13.8 Å². The lowest BCUT2D eigenvalue weighted by molar-refractivity contribution is -0.128. The number of benzene rings is 2. The zero-order valence-corrected chi connectivity index (χ0v) is 38.2. The number of nitrogens with two attached hydrogens (primary N) is 3. The normalized spacial score (nSPS) is 14.0. The Labute approximate surface area is 381 Å². The molecule has 0 radical (unpaired) electrons. The first-order chi connectivity index (χ1) is 31.6. The molecular formula is C44H59N15O7. The quantitative estimate of drug-likeness (QED) is 0.0448. The van der Waals surface area contributed by atoms with Crippen LogP contribution in [0.5, 0.6) is 5.75 Å². The standard InChI is InChI=1S/C44H59N15O7/c1-7-57-33(17-25(3)52-57)41(63)50-43-48-31-20-28(40(47)62)22-35(66-15-10-12-54(5)36(60)23-45)38(31)56(43)13-9-11-29-24-55(14-16-65-6)32-21-27(39(46)61)19-30-37(32)59(29)44(49-30)51-42(64)34-18-26(4)53-58(34)8-2/h17-22,29,40,62H,7-16,23-24,45,47H2,1-6H3,(H2,46,61)(H,48,50,63)(H,49,51,64)/t29-,40?/m0/s1. The van der Waals surface area contributed by atoms with Crippen molar-refractivity contribution in [3.05, 3.63) is 70.3 Å². The van der Waals surface area contributed by atoms with Crippen LogP contribution >= 0.6 is 0 Å². The Morgan fingerprint density at radius 1 is 0.879 bits per heavy atom. The first-order valence-corrected chi connectivity index (χ1v) is 22.0. The van der Waals surface area contributed by atoms with Crippen molar-refractivity contribution in [2.45, 2.75) is 78.9 Å². The molecule has 6 aromatic rings. The Kier molecular flexibility index (Phi) is 14.3. The van der Waals surface area contributed by atoms with E-state index in [-0.39, 0.29) is 36.6 Å². The van der Waals surface area contributed by atoms with Gasteiger partial charge in [-0.2, -0.15) is 10.2 Å². The predicted octanol–water partition coefficient (Wildman–Crippen LogP) is 2.66. The minimum atomic E-state index is -1.35. The lowest BCUT2D eigenvalue weighted by atomic mass is 10.0. The lowest BCUT2D eigenvalue weighted by Gasteiger charge is -2.36. The molecule has 352 valence electrons. The number of aliphatic hydroxyl groups excluding tert-OH is 1. The van der Waals surface area contributed by atoms with Crippen molar-refractivity contribution >= 4 is 63.3 Å². The number of aryl methyl sites for hydroxylation is 5. The number of nitrogens with zero attached hydrogens (tertiary/aromatic N) is 10. The molecule has 0 bridgehead atoms. The third-order valence-corrected chi connectivity index (χ3v) is 11.7. The van der Waals surface area contributed by atoms with Gasteiger partial charge in [0.2, 0.25) is 23.7 Å². The molecule has 66 heavy (non-hydrogen) atoms. The summed E-state index contributed by atoms with van der Waals surface area (Å²) < 4.78 is 19.0. The van der Waals surface area contributed by atoms with Gasteiger partial charge in [0.25, 0.3) is 11.8 Å². The molecule has 5 heterocycles. The first-order valence-electron chi connectivity index (χ1n) is 22.0. The average Bonchev–Trinajstić information content (AvgIpc) is 4.07. The third-order valence-electron chi connectivity index (χ3n) is 11.7. The number of amides is 4. The van der Waals surface area contributed by atoms with Crippen LogP contribution < -0.4 is 37.5 Å². The summed E-state index contributed by atoms with van der Waals surface area (Å²) in [6.07, 6.45) is 0.170. The Morgan fingerprint density at radius 3 is 2.12 bits per heavy atom. The molecule has 0 spiro atoms. The van der Waals surface area contributed by atoms with Gasteiger partial charge in [-0.3, -0.25) is 39.2 Å². The second-order valence-electron chi connectivity index (χ2n) is 16.3. The Balaban J connectivity index is 1.28. The molecule has 4 aromatic heterocycles. The summed E-state index contributed by atoms with van der Waals surface area (Å²) in [4.78, 5) is 66.1. The molecule has 4 amide bonds. The van der Waals surface area contributed by atoms with Gasteiger partial charge in [-0.05, 0) is 83.4 Å². The van der Waals surface area contributed by atoms with E-state index < -0.39 is 23.9 Å². The minimum Gasteiger partial charge on any atom is -0.491 e. The van der Waals surface area contributed by atoms with Crippen LogP contribution in [0.2, 0.25) is 0 Å². The summed E-state index contributed by atoms with van der Waals surface area (Å²) in [6.45, 7) is 10.5. The van der Waals surface area contributed by atoms with Crippen molar-refractivity contribution in [2.75, 3.05) is 69.1 Å². The van der Waals surface area contributed by atoms with E-state index in [9.17, 15) is 24.3 Å². The van der Waals surface area contributed by atoms with Gasteiger partial charge in [0.05, 0.1) is 59.4 Å². The maximum Gasteiger partial charge on any atom is 0.276 e. The monoisotopic (exact) mass is 909 g/mol. The molecular weight excluding hydrogens is 851 g/mol. The van der Waals surface area contributed by atoms with Crippen molar-refractivity contribution in [2.24, 2.45) is 17.2 Å². The molecule has 0 saturated heterocycles. The molecule has 2 aromatic carbocycles. The van der Waals surface area contributed by atoms with Crippen molar-refractivity contribution in [1.29, 1.82) is 0 Å². The molecule has 0 saturated carbocycles. The number of likely N-dealkylation sites (N-methyl/N-ethyl adjacent to an activating group) is 1. The number of methoxy groups -OCH3 is 1. The van der Waals surface area contributed by atoms with Gasteiger partial charge in [0.1, 0.15) is 28.9 Å². The van der Waals surface area contributed by atoms with Gasteiger partial charge in [-0.1, -0.05) is 0 Å². The number of rotatable bonds is 21. The molecule has 0 fully saturated rings. The van der Waals surface area contributed by atoms with Crippen LogP contribution in [-0.2, 0) is 29.2 Å². The molecule has 7 rings (SSSR count). The molecule has 9 N–H and O–H groups in total. The highest BCUT2D eigenvalue weighted by Crippen LogP contribution is 2.41. The van der Waals surface area contributed by atoms with E-state index in [1.807, 2.05) is 36.8 Å². The number of hydrogen-bond donors (Lipinski definition) is 6. The van der Waals surface area contributed by atoms with Crippen molar-refractivity contribution in [1.82, 2.24) is 43.6 Å². The van der Waals surface area contributed by atoms with E-state index >= 15 is 0 Å². The summed E-state index contributed by atoms with van der Waals surface area (Å²) in [5, 5.41) is 25.5. The third kappa shape index (κ3) is 9.71. The van der Waals surface area contributed by atoms with Gasteiger partial charge in [-0.15, -0.1) is 0 Å². The van der Waals surface area contributed by atoms with E-state index in [0.29, 0.717) is 127 Å². The summed E-state index contributed by atoms with van der Waals surface area (Å²) in [6, 6.07) is 9.83. The molecule has 1 unspecified atom stereocenters. The van der Waals surface area contributed by atoms with Gasteiger partial charge in [0, 0.05) is 64.6 Å². The average molecular weight is 910 g/mol. The van der Waals surface area contributed by atoms with Crippen LogP contribution in [0.1, 0.15) is 93.7 Å². The first kappa shape index (κ1) is 47.1. The van der Waals surface area contributed by atoms with E-state index in [1.54, 1.807) is 59.9 Å². The number of aliphatic hydroxyl groups is 1. The second-order valence-corrected chi connectivity index (χ2v) is 16.3. The number of primary amides is 1. The smallest absolute Gasteiger partial charge is 0.276 e. The summed E-state index contributed by atoms with van der Waals surface area (Å²) in [7, 11) is 3.29. The van der Waals surface area contributed by atoms with E-state index in [4.69, 9.17) is 36.6 Å². The van der Waals surface area contributed by atoms with E-state index in [2.05, 4.69) is 25.7 Å². The number of anilines is 3. The number of carbonyl (C=O) groups excluding carboxylic acids is 4. The van der Waals surface area contributed by atoms with Crippen LogP contribution in [0.25, 0.3) is 22.1 Å². The van der Waals surface area contributed by atoms with Gasteiger partial charge in [0.15, 0.2) is 0 Å². The molecule has 22 nitrogen and oxygen atoms in total. The number of nitrogens with one attached hydrogen (secondary N) is 2. The van der Waals surface area contributed by atoms with Gasteiger partial charge in [-0.25, -0.2) is 9.97 Å². The summed E-state index contributed by atoms with van der Waals surface area (Å²) in [5.74, 6) is -0.731. The number of carbonyl (C=O) groups is 4. The Hall–Kier alpha value is -6.88. The van der Waals surface area contributed by atoms with Crippen molar-refractivity contribution < 1.29 is 33.8 Å². The molecule has 1 aliphatic heterocycles. The van der Waals surface area contributed by atoms with E-state index in [0.717, 1.165) is 5.69 Å². The second kappa shape index (κ2) is 20.1. The number of hydrogen-bond acceptors (Lipinski definition) is 14. The van der Waals surface area contributed by atoms with Gasteiger partial charge < -0.3 is 50.7 Å². The van der Waals surface area contributed by atoms with Crippen LogP contribution in [0.4, 0.5) is 17.6 Å². The summed E-state index contributed by atoms with van der Waals surface area (Å²) in [5.41, 5.74) is 23.0. The maximum absolute atomic E-state index is 14.0. The van der Waals surface area contributed by atoms with Crippen molar-refractivity contribution in [3.8, 4) is 5.75 Å². The van der Waals surface area contributed by atoms with Crippen LogP contribution in [0.15, 0.2) is 36.4 Å². The number of imidazole rings is 2. The highest BCUT2D eigenvalue weighted by atomic mass is 16.5. The lowest BCUT2D eigenvalue weighted by Crippen LogP contribution is -2.38. The zero-order valence-electron chi connectivity index (χ0n) is 38.2. The topological polar surface area (TPSA) is 287 Å². The van der Waals surface area contributed by atoms with Crippen molar-refractivity contribution in [3.63, 3.8) is 0 Å². The molecule has 22 heteroatoms. The largest absolute Gasteiger partial charge is 0.491 e. The number of aromatic nitrogens is 8. The number of fused-ring (bicyclic) bond motifs is 1. The van der Waals surface area contributed by atoms with Gasteiger partial charge >= 0.3 is 0 Å². The Morgan fingerprint density at radius 2 is 1.52 bits per heavy atom. The van der Waals surface area contributed by atoms with Crippen LogP contribution in [0.3, 0.4) is 0 Å². The SMILES string of the molecule is CCn1nc(C)cc1C(=O)Nc1nc2cc(C(N)O)cc(OCCCN(C)C(=O)CN)c2n1CCC[C@H]1CN(CCOC)c2cc(C(N)=O)cc3nc(NC(=O)c4cc(C)nn4CC)n1c23. The minimum absolute atomic E-state index is 0.109. The predicted molar refractivity (Wildman–Crippen MR) is 247 cm³/mol. The molecule has 2 atom stereocenters. The fourth-order valence-electron chi connectivity index (χ4n) is 8.47. The fraction of sp³-hybridized carbons (Fsp3) is 0.455.